The number of carbonyl (C=O) groups excluding carboxylic acids is 1. The Morgan fingerprint density at radius 2 is 1.95 bits per heavy atom. The summed E-state index contributed by atoms with van der Waals surface area (Å²) in [6.45, 7) is 2.28. The fourth-order valence-electron chi connectivity index (χ4n) is 2.21. The summed E-state index contributed by atoms with van der Waals surface area (Å²) in [5, 5.41) is 0. The number of nitrogens with two attached hydrogens (primary N) is 1. The molecular weight excluding hydrogens is 332 g/mol. The lowest BCUT2D eigenvalue weighted by atomic mass is 9.94. The molecule has 0 bridgehead atoms. The Bertz CT molecular complexity index is 597. The maximum atomic E-state index is 12.5. The number of hydrogen-bond acceptors (Lipinski definition) is 3. The summed E-state index contributed by atoms with van der Waals surface area (Å²) in [5.74, 6) is 0.438. The van der Waals surface area contributed by atoms with Crippen LogP contribution in [-0.2, 0) is 11.3 Å². The molecule has 21 heavy (non-hydrogen) atoms. The highest BCUT2D eigenvalue weighted by Gasteiger charge is 2.25. The highest BCUT2D eigenvalue weighted by atomic mass is 79.9. The molecule has 2 rings (SSSR count). The first-order chi connectivity index (χ1) is 9.99. The summed E-state index contributed by atoms with van der Waals surface area (Å²) in [5.41, 5.74) is 7.16. The van der Waals surface area contributed by atoms with E-state index in [2.05, 4.69) is 15.9 Å². The lowest BCUT2D eigenvalue weighted by Crippen LogP contribution is -2.36. The average molecular weight is 351 g/mol. The Balaban J connectivity index is 2.01. The van der Waals surface area contributed by atoms with Gasteiger partial charge >= 0.3 is 0 Å². The van der Waals surface area contributed by atoms with Gasteiger partial charge in [0.2, 0.25) is 5.91 Å². The van der Waals surface area contributed by atoms with Gasteiger partial charge in [0.1, 0.15) is 5.76 Å². The normalized spacial score (nSPS) is 13.7. The third kappa shape index (κ3) is 3.95. The van der Waals surface area contributed by atoms with Gasteiger partial charge < -0.3 is 15.1 Å². The molecule has 0 aliphatic carbocycles. The Morgan fingerprint density at radius 3 is 2.52 bits per heavy atom. The zero-order valence-electron chi connectivity index (χ0n) is 12.1. The highest BCUT2D eigenvalue weighted by molar-refractivity contribution is 9.10. The molecule has 2 N–H and O–H groups in total. The van der Waals surface area contributed by atoms with E-state index in [0.29, 0.717) is 11.2 Å². The monoisotopic (exact) mass is 350 g/mol. The van der Waals surface area contributed by atoms with Crippen molar-refractivity contribution in [3.63, 3.8) is 0 Å². The molecule has 2 atom stereocenters. The predicted octanol–water partition coefficient (Wildman–Crippen LogP) is 3.34. The number of hydrogen-bond donors (Lipinski definition) is 1. The maximum absolute atomic E-state index is 12.5. The van der Waals surface area contributed by atoms with Crippen molar-refractivity contribution < 1.29 is 9.21 Å². The molecule has 5 heteroatoms. The minimum atomic E-state index is -0.315. The van der Waals surface area contributed by atoms with Crippen molar-refractivity contribution in [3.8, 4) is 0 Å². The van der Waals surface area contributed by atoms with Crippen molar-refractivity contribution in [2.24, 2.45) is 11.7 Å². The first-order valence-electron chi connectivity index (χ1n) is 6.78. The van der Waals surface area contributed by atoms with Gasteiger partial charge in [-0.1, -0.05) is 37.3 Å². The molecule has 0 radical (unpaired) electrons. The number of rotatable bonds is 5. The SMILES string of the molecule is CC(C(=O)N(C)Cc1ccc(Br)o1)C(N)c1ccccc1. The van der Waals surface area contributed by atoms with Crippen molar-refractivity contribution in [3.05, 3.63) is 58.5 Å². The number of furan rings is 1. The molecular formula is C16H19BrN2O2. The van der Waals surface area contributed by atoms with E-state index >= 15 is 0 Å². The van der Waals surface area contributed by atoms with E-state index in [-0.39, 0.29) is 17.9 Å². The van der Waals surface area contributed by atoms with Gasteiger partial charge in [-0.15, -0.1) is 0 Å². The number of nitrogens with zero attached hydrogens (tertiary/aromatic N) is 1. The first-order valence-corrected chi connectivity index (χ1v) is 7.58. The molecule has 1 aromatic carbocycles. The summed E-state index contributed by atoms with van der Waals surface area (Å²) < 4.78 is 6.08. The molecule has 0 aliphatic rings. The topological polar surface area (TPSA) is 59.5 Å². The number of amides is 1. The van der Waals surface area contributed by atoms with Crippen LogP contribution < -0.4 is 5.73 Å². The molecule has 0 fully saturated rings. The van der Waals surface area contributed by atoms with Gasteiger partial charge in [-0.25, -0.2) is 0 Å². The summed E-state index contributed by atoms with van der Waals surface area (Å²) >= 11 is 3.25. The molecule has 0 saturated heterocycles. The van der Waals surface area contributed by atoms with Gasteiger partial charge in [0.15, 0.2) is 4.67 Å². The molecule has 2 unspecified atom stereocenters. The standard InChI is InChI=1S/C16H19BrN2O2/c1-11(15(18)12-6-4-3-5-7-12)16(20)19(2)10-13-8-9-14(17)21-13/h3-9,11,15H,10,18H2,1-2H3. The second-order valence-corrected chi connectivity index (χ2v) is 5.91. The molecule has 4 nitrogen and oxygen atoms in total. The second-order valence-electron chi connectivity index (χ2n) is 5.13. The van der Waals surface area contributed by atoms with Gasteiger partial charge in [0.25, 0.3) is 0 Å². The molecule has 1 amide bonds. The van der Waals surface area contributed by atoms with E-state index in [1.807, 2.05) is 49.4 Å². The van der Waals surface area contributed by atoms with Crippen LogP contribution in [0.1, 0.15) is 24.3 Å². The Hall–Kier alpha value is -1.59. The molecule has 2 aromatic rings. The summed E-state index contributed by atoms with van der Waals surface area (Å²) in [6, 6.07) is 13.0. The summed E-state index contributed by atoms with van der Waals surface area (Å²) in [6.07, 6.45) is 0. The zero-order chi connectivity index (χ0) is 15.4. The summed E-state index contributed by atoms with van der Waals surface area (Å²) in [7, 11) is 1.76. The minimum absolute atomic E-state index is 0.00104. The van der Waals surface area contributed by atoms with Crippen LogP contribution in [0.15, 0.2) is 51.6 Å². The number of carbonyl (C=O) groups is 1. The van der Waals surface area contributed by atoms with Gasteiger partial charge in [-0.3, -0.25) is 4.79 Å². The van der Waals surface area contributed by atoms with Crippen LogP contribution in [-0.4, -0.2) is 17.9 Å². The molecule has 1 aromatic heterocycles. The van der Waals surface area contributed by atoms with Crippen LogP contribution in [0.25, 0.3) is 0 Å². The van der Waals surface area contributed by atoms with E-state index in [4.69, 9.17) is 10.2 Å². The molecule has 0 aliphatic heterocycles. The van der Waals surface area contributed by atoms with Gasteiger partial charge in [-0.05, 0) is 33.6 Å². The lowest BCUT2D eigenvalue weighted by Gasteiger charge is -2.25. The summed E-state index contributed by atoms with van der Waals surface area (Å²) in [4.78, 5) is 14.1. The second kappa shape index (κ2) is 6.91. The van der Waals surface area contributed by atoms with Gasteiger partial charge in [0, 0.05) is 13.1 Å². The fourth-order valence-corrected chi connectivity index (χ4v) is 2.55. The largest absolute Gasteiger partial charge is 0.452 e. The third-order valence-electron chi connectivity index (χ3n) is 3.51. The first kappa shape index (κ1) is 15.8. The molecule has 0 spiro atoms. The van der Waals surface area contributed by atoms with Crippen LogP contribution in [0.5, 0.6) is 0 Å². The minimum Gasteiger partial charge on any atom is -0.452 e. The van der Waals surface area contributed by atoms with Crippen molar-refractivity contribution in [1.82, 2.24) is 4.90 Å². The Labute approximate surface area is 133 Å². The zero-order valence-corrected chi connectivity index (χ0v) is 13.7. The van der Waals surface area contributed by atoms with Crippen LogP contribution in [0, 0.1) is 5.92 Å². The fraction of sp³-hybridized carbons (Fsp3) is 0.312. The molecule has 112 valence electrons. The molecule has 0 saturated carbocycles. The van der Waals surface area contributed by atoms with E-state index in [1.165, 1.54) is 0 Å². The van der Waals surface area contributed by atoms with Gasteiger partial charge in [-0.2, -0.15) is 0 Å². The third-order valence-corrected chi connectivity index (χ3v) is 3.94. The van der Waals surface area contributed by atoms with Gasteiger partial charge in [0.05, 0.1) is 12.5 Å². The van der Waals surface area contributed by atoms with Crippen LogP contribution in [0.4, 0.5) is 0 Å². The quantitative estimate of drug-likeness (QED) is 0.899. The van der Waals surface area contributed by atoms with Crippen LogP contribution in [0.2, 0.25) is 0 Å². The highest BCUT2D eigenvalue weighted by Crippen LogP contribution is 2.22. The van der Waals surface area contributed by atoms with E-state index in [0.717, 1.165) is 11.3 Å². The average Bonchev–Trinajstić information content (AvgIpc) is 2.90. The van der Waals surface area contributed by atoms with Crippen molar-refractivity contribution >= 4 is 21.8 Å². The van der Waals surface area contributed by atoms with Crippen molar-refractivity contribution in [2.45, 2.75) is 19.5 Å². The maximum Gasteiger partial charge on any atom is 0.227 e. The van der Waals surface area contributed by atoms with Crippen molar-refractivity contribution in [2.75, 3.05) is 7.05 Å². The number of halogens is 1. The smallest absolute Gasteiger partial charge is 0.227 e. The molecule has 1 heterocycles. The predicted molar refractivity (Wildman–Crippen MR) is 85.4 cm³/mol. The lowest BCUT2D eigenvalue weighted by molar-refractivity contribution is -0.135. The number of benzene rings is 1. The Kier molecular flexibility index (Phi) is 5.20. The Morgan fingerprint density at radius 1 is 1.29 bits per heavy atom. The van der Waals surface area contributed by atoms with Crippen molar-refractivity contribution in [1.29, 1.82) is 0 Å². The van der Waals surface area contributed by atoms with E-state index in [9.17, 15) is 4.79 Å². The van der Waals surface area contributed by atoms with Crippen LogP contribution in [0.3, 0.4) is 0 Å². The van der Waals surface area contributed by atoms with E-state index < -0.39 is 0 Å². The van der Waals surface area contributed by atoms with E-state index in [1.54, 1.807) is 11.9 Å². The van der Waals surface area contributed by atoms with Crippen LogP contribution >= 0.6 is 15.9 Å².